The summed E-state index contributed by atoms with van der Waals surface area (Å²) in [6.45, 7) is 8.86. The molecule has 0 N–H and O–H groups in total. The number of rotatable bonds is 2. The van der Waals surface area contributed by atoms with Crippen molar-refractivity contribution in [2.24, 2.45) is 17.3 Å². The fraction of sp³-hybridized carbons (Fsp3) is 0.864. The van der Waals surface area contributed by atoms with E-state index >= 15 is 0 Å². The van der Waals surface area contributed by atoms with Gasteiger partial charge in [0.1, 0.15) is 6.10 Å². The molecule has 0 bridgehead atoms. The van der Waals surface area contributed by atoms with Gasteiger partial charge in [0.2, 0.25) is 0 Å². The monoisotopic (exact) mass is 375 g/mol. The molecule has 4 fully saturated rings. The third-order valence-electron chi connectivity index (χ3n) is 8.07. The molecule has 3 heterocycles. The third-order valence-corrected chi connectivity index (χ3v) is 8.07. The van der Waals surface area contributed by atoms with Gasteiger partial charge >= 0.3 is 5.97 Å². The van der Waals surface area contributed by atoms with Crippen molar-refractivity contribution >= 4 is 5.97 Å². The van der Waals surface area contributed by atoms with Crippen LogP contribution in [-0.4, -0.2) is 55.6 Å². The molecule has 0 aromatic carbocycles. The number of likely N-dealkylation sites (tertiary alicyclic amines) is 1. The van der Waals surface area contributed by atoms with E-state index in [1.807, 2.05) is 0 Å². The van der Waals surface area contributed by atoms with Crippen LogP contribution in [0.4, 0.5) is 0 Å². The summed E-state index contributed by atoms with van der Waals surface area (Å²) in [6, 6.07) is 0. The molecule has 0 amide bonds. The molecule has 4 atom stereocenters. The minimum Gasteiger partial charge on any atom is -0.462 e. The molecule has 5 aliphatic rings. The number of ether oxygens (including phenoxy) is 3. The van der Waals surface area contributed by atoms with Crippen molar-refractivity contribution in [3.63, 3.8) is 0 Å². The first-order valence-corrected chi connectivity index (χ1v) is 10.9. The predicted molar refractivity (Wildman–Crippen MR) is 101 cm³/mol. The van der Waals surface area contributed by atoms with Gasteiger partial charge in [-0.3, -0.25) is 4.79 Å². The van der Waals surface area contributed by atoms with Crippen molar-refractivity contribution in [1.82, 2.24) is 4.90 Å². The van der Waals surface area contributed by atoms with Crippen molar-refractivity contribution in [1.29, 1.82) is 0 Å². The lowest BCUT2D eigenvalue weighted by Gasteiger charge is -2.46. The van der Waals surface area contributed by atoms with E-state index in [-0.39, 0.29) is 29.2 Å². The molecule has 1 spiro atoms. The zero-order chi connectivity index (χ0) is 18.6. The highest BCUT2D eigenvalue weighted by Gasteiger charge is 2.53. The van der Waals surface area contributed by atoms with Gasteiger partial charge in [0.15, 0.2) is 5.79 Å². The average molecular weight is 376 g/mol. The first-order valence-electron chi connectivity index (χ1n) is 10.9. The summed E-state index contributed by atoms with van der Waals surface area (Å²) in [4.78, 5) is 15.2. The molecule has 3 saturated heterocycles. The van der Waals surface area contributed by atoms with Crippen molar-refractivity contribution in [3.8, 4) is 0 Å². The minimum absolute atomic E-state index is 0.0289. The van der Waals surface area contributed by atoms with Gasteiger partial charge in [-0.05, 0) is 44.4 Å². The van der Waals surface area contributed by atoms with E-state index in [0.29, 0.717) is 19.1 Å². The van der Waals surface area contributed by atoms with E-state index in [0.717, 1.165) is 45.3 Å². The molecule has 5 heteroatoms. The van der Waals surface area contributed by atoms with Crippen LogP contribution in [-0.2, 0) is 19.0 Å². The van der Waals surface area contributed by atoms with Crippen LogP contribution in [0, 0.1) is 17.3 Å². The first kappa shape index (κ1) is 18.1. The van der Waals surface area contributed by atoms with Crippen molar-refractivity contribution in [2.45, 2.75) is 70.7 Å². The second-order valence-corrected chi connectivity index (χ2v) is 9.74. The van der Waals surface area contributed by atoms with E-state index in [1.165, 1.54) is 19.3 Å². The molecule has 0 aromatic heterocycles. The Hall–Kier alpha value is -0.910. The summed E-state index contributed by atoms with van der Waals surface area (Å²) in [5.41, 5.74) is 3.48. The van der Waals surface area contributed by atoms with Gasteiger partial charge in [0.25, 0.3) is 0 Å². The normalized spacial score (nSPS) is 41.6. The molecule has 27 heavy (non-hydrogen) atoms. The zero-order valence-corrected chi connectivity index (χ0v) is 16.8. The quantitative estimate of drug-likeness (QED) is 0.548. The van der Waals surface area contributed by atoms with Gasteiger partial charge in [0, 0.05) is 38.4 Å². The second-order valence-electron chi connectivity index (χ2n) is 9.74. The van der Waals surface area contributed by atoms with E-state index in [9.17, 15) is 4.79 Å². The van der Waals surface area contributed by atoms with E-state index in [1.54, 1.807) is 11.1 Å². The molecular formula is C22H33NO4. The number of esters is 1. The lowest BCUT2D eigenvalue weighted by atomic mass is 9.59. The Labute approximate surface area is 162 Å². The highest BCUT2D eigenvalue weighted by Crippen LogP contribution is 2.55. The van der Waals surface area contributed by atoms with Crippen LogP contribution in [0.2, 0.25) is 0 Å². The van der Waals surface area contributed by atoms with E-state index in [2.05, 4.69) is 18.7 Å². The van der Waals surface area contributed by atoms with Crippen LogP contribution in [0.15, 0.2) is 11.1 Å². The lowest BCUT2D eigenvalue weighted by molar-refractivity contribution is -0.186. The standard InChI is InChI=1S/C22H33NO4/c1-15-4-3-5-21(2)13-19-16(12-18(15)21)17(20(24)27-19)14-23-8-6-22(7-9-23)25-10-11-26-22/h16-17,19H,3-14H2,1-2H3/t16-,17?,19-,21-/m1/s1. The largest absolute Gasteiger partial charge is 0.462 e. The molecule has 1 unspecified atom stereocenters. The smallest absolute Gasteiger partial charge is 0.310 e. The molecule has 150 valence electrons. The molecule has 3 aliphatic heterocycles. The molecular weight excluding hydrogens is 342 g/mol. The van der Waals surface area contributed by atoms with Crippen molar-refractivity contribution in [3.05, 3.63) is 11.1 Å². The van der Waals surface area contributed by atoms with Crippen LogP contribution >= 0.6 is 0 Å². The zero-order valence-electron chi connectivity index (χ0n) is 16.8. The van der Waals surface area contributed by atoms with Crippen LogP contribution in [0.5, 0.6) is 0 Å². The Bertz CT molecular complexity index is 643. The Morgan fingerprint density at radius 3 is 2.63 bits per heavy atom. The summed E-state index contributed by atoms with van der Waals surface area (Å²) < 4.78 is 17.6. The Morgan fingerprint density at radius 2 is 1.89 bits per heavy atom. The molecule has 5 rings (SSSR count). The fourth-order valence-corrected chi connectivity index (χ4v) is 6.46. The predicted octanol–water partition coefficient (Wildman–Crippen LogP) is 3.28. The summed E-state index contributed by atoms with van der Waals surface area (Å²) in [6.07, 6.45) is 7.79. The molecule has 5 nitrogen and oxygen atoms in total. The van der Waals surface area contributed by atoms with Crippen LogP contribution in [0.1, 0.15) is 58.8 Å². The van der Waals surface area contributed by atoms with Crippen LogP contribution in [0.25, 0.3) is 0 Å². The number of carbonyl (C=O) groups excluding carboxylic acids is 1. The Balaban J connectivity index is 1.28. The highest BCUT2D eigenvalue weighted by molar-refractivity contribution is 5.76. The fourth-order valence-electron chi connectivity index (χ4n) is 6.46. The van der Waals surface area contributed by atoms with Crippen LogP contribution in [0.3, 0.4) is 0 Å². The maximum Gasteiger partial charge on any atom is 0.310 e. The maximum absolute atomic E-state index is 12.7. The van der Waals surface area contributed by atoms with E-state index < -0.39 is 0 Å². The molecule has 0 radical (unpaired) electrons. The van der Waals surface area contributed by atoms with E-state index in [4.69, 9.17) is 14.2 Å². The molecule has 0 aromatic rings. The second kappa shape index (κ2) is 6.57. The van der Waals surface area contributed by atoms with Crippen molar-refractivity contribution in [2.75, 3.05) is 32.8 Å². The maximum atomic E-state index is 12.7. The van der Waals surface area contributed by atoms with Crippen LogP contribution < -0.4 is 0 Å². The van der Waals surface area contributed by atoms with Gasteiger partial charge in [0.05, 0.1) is 19.1 Å². The van der Waals surface area contributed by atoms with Gasteiger partial charge in [-0.15, -0.1) is 0 Å². The molecule has 2 aliphatic carbocycles. The van der Waals surface area contributed by atoms with Gasteiger partial charge in [-0.25, -0.2) is 0 Å². The topological polar surface area (TPSA) is 48.0 Å². The number of carbonyl (C=O) groups is 1. The van der Waals surface area contributed by atoms with Gasteiger partial charge in [-0.2, -0.15) is 0 Å². The van der Waals surface area contributed by atoms with Gasteiger partial charge in [-0.1, -0.05) is 18.1 Å². The highest BCUT2D eigenvalue weighted by atomic mass is 16.7. The summed E-state index contributed by atoms with van der Waals surface area (Å²) in [5, 5.41) is 0. The Morgan fingerprint density at radius 1 is 1.15 bits per heavy atom. The SMILES string of the molecule is CC1=C2C[C@@H]3C(CN4CCC5(CC4)OCCO5)C(=O)O[C@@H]3C[C@@]2(C)CCC1. The number of allylic oxidation sites excluding steroid dienone is 2. The average Bonchev–Trinajstić information content (AvgIpc) is 3.20. The number of piperidine rings is 1. The first-order chi connectivity index (χ1) is 13.0. The molecule has 1 saturated carbocycles. The summed E-state index contributed by atoms with van der Waals surface area (Å²) in [5.74, 6) is 0.0928. The Kier molecular flexibility index (Phi) is 4.41. The van der Waals surface area contributed by atoms with Crippen molar-refractivity contribution < 1.29 is 19.0 Å². The number of hydrogen-bond acceptors (Lipinski definition) is 5. The van der Waals surface area contributed by atoms with Gasteiger partial charge < -0.3 is 19.1 Å². The lowest BCUT2D eigenvalue weighted by Crippen LogP contribution is -2.48. The summed E-state index contributed by atoms with van der Waals surface area (Å²) in [7, 11) is 0. The summed E-state index contributed by atoms with van der Waals surface area (Å²) >= 11 is 0. The number of fused-ring (bicyclic) bond motifs is 2. The number of hydrogen-bond donors (Lipinski definition) is 0. The minimum atomic E-state index is -0.341. The number of nitrogens with zero attached hydrogens (tertiary/aromatic N) is 1. The third kappa shape index (κ3) is 3.06.